The SMILES string of the molecule is NC(=O)[C@H](Cc1ccccc1)NC(=O)[C@@H](CCCN=C(N)N)NC(=O)C12CC3CC(CC(C3)C1)C2.O=C(O)C(F)(F)F. The Morgan fingerprint density at radius 3 is 1.90 bits per heavy atom. The van der Waals surface area contributed by atoms with E-state index in [1.807, 2.05) is 30.3 Å². The molecular weight excluding hydrogens is 557 g/mol. The van der Waals surface area contributed by atoms with E-state index in [0.29, 0.717) is 37.1 Å². The van der Waals surface area contributed by atoms with Crippen molar-refractivity contribution in [1.29, 1.82) is 0 Å². The number of amides is 3. The van der Waals surface area contributed by atoms with Gasteiger partial charge in [0.05, 0.1) is 0 Å². The molecule has 232 valence electrons. The quantitative estimate of drug-likeness (QED) is 0.126. The van der Waals surface area contributed by atoms with Crippen LogP contribution in [-0.2, 0) is 25.6 Å². The molecule has 4 saturated carbocycles. The molecule has 0 radical (unpaired) electrons. The lowest BCUT2D eigenvalue weighted by Gasteiger charge is -2.55. The minimum atomic E-state index is -5.08. The maximum Gasteiger partial charge on any atom is 0.490 e. The summed E-state index contributed by atoms with van der Waals surface area (Å²) in [5.74, 6) is -1.98. The van der Waals surface area contributed by atoms with Crippen molar-refractivity contribution in [3.63, 3.8) is 0 Å². The third-order valence-corrected chi connectivity index (χ3v) is 8.27. The molecule has 0 unspecified atom stereocenters. The topological polar surface area (TPSA) is 203 Å². The number of nitrogens with two attached hydrogens (primary N) is 3. The third-order valence-electron chi connectivity index (χ3n) is 8.27. The van der Waals surface area contributed by atoms with Gasteiger partial charge in [-0.3, -0.25) is 19.4 Å². The van der Waals surface area contributed by atoms with Gasteiger partial charge in [0.15, 0.2) is 5.96 Å². The second-order valence-corrected chi connectivity index (χ2v) is 11.6. The Balaban J connectivity index is 0.000000616. The number of carbonyl (C=O) groups excluding carboxylic acids is 3. The lowest BCUT2D eigenvalue weighted by molar-refractivity contribution is -0.192. The highest BCUT2D eigenvalue weighted by molar-refractivity contribution is 5.93. The van der Waals surface area contributed by atoms with Crippen LogP contribution in [0, 0.1) is 23.2 Å². The van der Waals surface area contributed by atoms with E-state index in [0.717, 1.165) is 24.8 Å². The molecule has 0 heterocycles. The number of nitrogens with one attached hydrogen (secondary N) is 2. The number of aliphatic imine (C=N–C) groups is 1. The molecule has 5 rings (SSSR count). The van der Waals surface area contributed by atoms with Gasteiger partial charge in [0, 0.05) is 18.4 Å². The number of primary amides is 1. The van der Waals surface area contributed by atoms with Gasteiger partial charge in [0.2, 0.25) is 17.7 Å². The Kier molecular flexibility index (Phi) is 10.8. The van der Waals surface area contributed by atoms with Gasteiger partial charge in [0.1, 0.15) is 12.1 Å². The molecule has 0 spiro atoms. The van der Waals surface area contributed by atoms with Crippen molar-refractivity contribution in [2.45, 2.75) is 76.0 Å². The molecule has 1 aromatic rings. The number of carboxylic acid groups (broad SMARTS) is 1. The second-order valence-electron chi connectivity index (χ2n) is 11.6. The molecule has 4 aliphatic carbocycles. The van der Waals surface area contributed by atoms with E-state index in [-0.39, 0.29) is 23.7 Å². The predicted molar refractivity (Wildman–Crippen MR) is 147 cm³/mol. The fraction of sp³-hybridized carbons (Fsp3) is 0.607. The van der Waals surface area contributed by atoms with Crippen molar-refractivity contribution >= 4 is 29.7 Å². The summed E-state index contributed by atoms with van der Waals surface area (Å²) in [7, 11) is 0. The van der Waals surface area contributed by atoms with Crippen LogP contribution in [0.25, 0.3) is 0 Å². The van der Waals surface area contributed by atoms with Gasteiger partial charge < -0.3 is 32.9 Å². The van der Waals surface area contributed by atoms with E-state index >= 15 is 0 Å². The number of carboxylic acids is 1. The summed E-state index contributed by atoms with van der Waals surface area (Å²) in [5.41, 5.74) is 17.0. The van der Waals surface area contributed by atoms with Gasteiger partial charge in [-0.2, -0.15) is 13.2 Å². The van der Waals surface area contributed by atoms with Crippen LogP contribution in [-0.4, -0.2) is 59.6 Å². The predicted octanol–water partition coefficient (Wildman–Crippen LogP) is 1.59. The number of hydrogen-bond donors (Lipinski definition) is 6. The zero-order valence-electron chi connectivity index (χ0n) is 23.2. The third kappa shape index (κ3) is 9.08. The van der Waals surface area contributed by atoms with E-state index < -0.39 is 36.0 Å². The Bertz CT molecular complexity index is 1120. The largest absolute Gasteiger partial charge is 0.490 e. The Morgan fingerprint density at radius 1 is 0.929 bits per heavy atom. The highest BCUT2D eigenvalue weighted by Crippen LogP contribution is 2.60. The summed E-state index contributed by atoms with van der Waals surface area (Å²) in [6.07, 6.45) is 2.49. The van der Waals surface area contributed by atoms with Gasteiger partial charge in [-0.1, -0.05) is 30.3 Å². The number of hydrogen-bond acceptors (Lipinski definition) is 5. The number of halogens is 3. The van der Waals surface area contributed by atoms with Crippen molar-refractivity contribution in [2.75, 3.05) is 6.54 Å². The Hall–Kier alpha value is -3.84. The standard InChI is InChI=1S/C26H38N6O3.C2HF3O2/c27-22(33)21(12-16-5-2-1-3-6-16)31-23(34)20(7-4-8-30-25(28)29)32-24(35)26-13-17-9-18(14-26)11-19(10-17)15-26;3-2(4,5)1(6)7/h1-3,5-6,17-21H,4,7-15H2,(H2,27,33)(H,31,34)(H,32,35)(H4,28,29,30);(H,6,7)/t17?,18?,19?,20-,21+,26?;/m1./s1. The van der Waals surface area contributed by atoms with E-state index in [1.54, 1.807) is 0 Å². The minimum absolute atomic E-state index is 0.0137. The number of guanidine groups is 1. The Morgan fingerprint density at radius 2 is 1.45 bits per heavy atom. The summed E-state index contributed by atoms with van der Waals surface area (Å²) in [4.78, 5) is 51.9. The van der Waals surface area contributed by atoms with Crippen molar-refractivity contribution in [3.8, 4) is 0 Å². The molecule has 42 heavy (non-hydrogen) atoms. The molecule has 0 aliphatic heterocycles. The first kappa shape index (κ1) is 32.7. The summed E-state index contributed by atoms with van der Waals surface area (Å²) >= 11 is 0. The van der Waals surface area contributed by atoms with Gasteiger partial charge in [-0.25, -0.2) is 4.79 Å². The van der Waals surface area contributed by atoms with Crippen LogP contribution in [0.15, 0.2) is 35.3 Å². The van der Waals surface area contributed by atoms with Crippen molar-refractivity contribution in [1.82, 2.24) is 10.6 Å². The molecule has 4 fully saturated rings. The van der Waals surface area contributed by atoms with Crippen LogP contribution >= 0.6 is 0 Å². The summed E-state index contributed by atoms with van der Waals surface area (Å²) in [6, 6.07) is 7.71. The summed E-state index contributed by atoms with van der Waals surface area (Å²) in [5, 5.41) is 13.0. The zero-order valence-corrected chi connectivity index (χ0v) is 23.2. The van der Waals surface area contributed by atoms with Crippen molar-refractivity contribution in [3.05, 3.63) is 35.9 Å². The second kappa shape index (κ2) is 13.9. The molecule has 14 heteroatoms. The number of nitrogens with zero attached hydrogens (tertiary/aromatic N) is 1. The monoisotopic (exact) mass is 596 g/mol. The van der Waals surface area contributed by atoms with Crippen LogP contribution in [0.1, 0.15) is 56.9 Å². The maximum atomic E-state index is 13.6. The average molecular weight is 597 g/mol. The molecule has 3 amide bonds. The van der Waals surface area contributed by atoms with E-state index in [1.165, 1.54) is 19.3 Å². The number of aliphatic carboxylic acids is 1. The molecule has 0 aromatic heterocycles. The molecule has 9 N–H and O–H groups in total. The van der Waals surface area contributed by atoms with Crippen molar-refractivity contribution in [2.24, 2.45) is 45.4 Å². The molecule has 4 bridgehead atoms. The van der Waals surface area contributed by atoms with Gasteiger partial charge >= 0.3 is 12.1 Å². The minimum Gasteiger partial charge on any atom is -0.475 e. The van der Waals surface area contributed by atoms with Crippen LogP contribution in [0.3, 0.4) is 0 Å². The van der Waals surface area contributed by atoms with Crippen LogP contribution < -0.4 is 27.8 Å². The molecule has 1 aromatic carbocycles. The van der Waals surface area contributed by atoms with Gasteiger partial charge in [-0.05, 0) is 74.7 Å². The normalized spacial score (nSPS) is 25.3. The number of carbonyl (C=O) groups is 4. The molecule has 2 atom stereocenters. The molecule has 4 aliphatic rings. The Labute approximate surface area is 241 Å². The van der Waals surface area contributed by atoms with Crippen LogP contribution in [0.5, 0.6) is 0 Å². The average Bonchev–Trinajstić information content (AvgIpc) is 2.89. The lowest BCUT2D eigenvalue weighted by Crippen LogP contribution is -2.58. The maximum absolute atomic E-state index is 13.6. The fourth-order valence-electron chi connectivity index (χ4n) is 6.82. The first-order chi connectivity index (χ1) is 19.7. The lowest BCUT2D eigenvalue weighted by atomic mass is 9.49. The van der Waals surface area contributed by atoms with Crippen LogP contribution in [0.2, 0.25) is 0 Å². The zero-order chi connectivity index (χ0) is 31.1. The van der Waals surface area contributed by atoms with Crippen LogP contribution in [0.4, 0.5) is 13.2 Å². The number of benzene rings is 1. The van der Waals surface area contributed by atoms with Gasteiger partial charge in [0.25, 0.3) is 0 Å². The smallest absolute Gasteiger partial charge is 0.475 e. The summed E-state index contributed by atoms with van der Waals surface area (Å²) < 4.78 is 31.7. The van der Waals surface area contributed by atoms with E-state index in [4.69, 9.17) is 27.1 Å². The number of rotatable bonds is 11. The highest BCUT2D eigenvalue weighted by atomic mass is 19.4. The first-order valence-electron chi connectivity index (χ1n) is 14.0. The highest BCUT2D eigenvalue weighted by Gasteiger charge is 2.55. The first-order valence-corrected chi connectivity index (χ1v) is 14.0. The molecule has 0 saturated heterocycles. The van der Waals surface area contributed by atoms with E-state index in [2.05, 4.69) is 15.6 Å². The van der Waals surface area contributed by atoms with Crippen molar-refractivity contribution < 1.29 is 37.5 Å². The van der Waals surface area contributed by atoms with E-state index in [9.17, 15) is 27.6 Å². The fourth-order valence-corrected chi connectivity index (χ4v) is 6.82. The molecule has 11 nitrogen and oxygen atoms in total. The number of alkyl halides is 3. The van der Waals surface area contributed by atoms with Gasteiger partial charge in [-0.15, -0.1) is 0 Å². The summed E-state index contributed by atoms with van der Waals surface area (Å²) in [6.45, 7) is 0.350. The molecular formula is C28H39F3N6O5.